The van der Waals surface area contributed by atoms with Crippen molar-refractivity contribution in [2.75, 3.05) is 13.1 Å². The SMILES string of the molecule is Cc1nc(-c2ccc(S(=O)(=O)N(CC(C)C)C[C@@H](O)[C@H](Cc3ccccc3)NC(=O)O)cc2)co1. The zero-order valence-corrected chi connectivity index (χ0v) is 20.8. The maximum Gasteiger partial charge on any atom is 0.404 e. The number of hydrogen-bond donors (Lipinski definition) is 3. The average molecular weight is 502 g/mol. The number of nitrogens with zero attached hydrogens (tertiary/aromatic N) is 2. The van der Waals surface area contributed by atoms with Crippen molar-refractivity contribution in [3.8, 4) is 11.3 Å². The Morgan fingerprint density at radius 3 is 2.29 bits per heavy atom. The minimum absolute atomic E-state index is 0.0191. The van der Waals surface area contributed by atoms with E-state index in [4.69, 9.17) is 4.42 Å². The molecule has 0 radical (unpaired) electrons. The first-order valence-electron chi connectivity index (χ1n) is 11.3. The van der Waals surface area contributed by atoms with Gasteiger partial charge >= 0.3 is 6.09 Å². The van der Waals surface area contributed by atoms with E-state index >= 15 is 0 Å². The van der Waals surface area contributed by atoms with Crippen molar-refractivity contribution in [2.45, 2.75) is 44.2 Å². The van der Waals surface area contributed by atoms with Gasteiger partial charge in [-0.05, 0) is 30.0 Å². The highest BCUT2D eigenvalue weighted by molar-refractivity contribution is 7.89. The summed E-state index contributed by atoms with van der Waals surface area (Å²) in [6.07, 6.45) is -0.836. The fraction of sp³-hybridized carbons (Fsp3) is 0.360. The van der Waals surface area contributed by atoms with E-state index in [0.717, 1.165) is 5.56 Å². The average Bonchev–Trinajstić information content (AvgIpc) is 3.24. The topological polar surface area (TPSA) is 133 Å². The monoisotopic (exact) mass is 501 g/mol. The highest BCUT2D eigenvalue weighted by atomic mass is 32.2. The number of amides is 1. The second-order valence-electron chi connectivity index (χ2n) is 8.81. The zero-order chi connectivity index (χ0) is 25.6. The number of hydrogen-bond acceptors (Lipinski definition) is 6. The van der Waals surface area contributed by atoms with Gasteiger partial charge in [-0.25, -0.2) is 18.2 Å². The van der Waals surface area contributed by atoms with Crippen LogP contribution in [0.2, 0.25) is 0 Å². The van der Waals surface area contributed by atoms with Crippen LogP contribution in [0.15, 0.2) is 70.2 Å². The van der Waals surface area contributed by atoms with Gasteiger partial charge in [0.15, 0.2) is 5.89 Å². The van der Waals surface area contributed by atoms with Crippen molar-refractivity contribution in [3.63, 3.8) is 0 Å². The molecule has 0 aliphatic carbocycles. The number of oxazole rings is 1. The molecule has 0 unspecified atom stereocenters. The predicted molar refractivity (Wildman–Crippen MR) is 131 cm³/mol. The summed E-state index contributed by atoms with van der Waals surface area (Å²) in [7, 11) is -3.97. The lowest BCUT2D eigenvalue weighted by atomic mass is 10.0. The highest BCUT2D eigenvalue weighted by Gasteiger charge is 2.31. The normalized spacial score (nSPS) is 13.7. The molecule has 0 aliphatic heterocycles. The lowest BCUT2D eigenvalue weighted by Gasteiger charge is -2.30. The Bertz CT molecular complexity index is 1210. The molecule has 1 heterocycles. The molecule has 188 valence electrons. The number of rotatable bonds is 11. The van der Waals surface area contributed by atoms with Crippen molar-refractivity contribution in [3.05, 3.63) is 72.3 Å². The summed E-state index contributed by atoms with van der Waals surface area (Å²) in [5.41, 5.74) is 2.14. The molecule has 1 amide bonds. The zero-order valence-electron chi connectivity index (χ0n) is 20.0. The minimum atomic E-state index is -3.97. The van der Waals surface area contributed by atoms with Crippen LogP contribution >= 0.6 is 0 Å². The molecule has 2 atom stereocenters. The first-order valence-corrected chi connectivity index (χ1v) is 12.7. The maximum atomic E-state index is 13.5. The first kappa shape index (κ1) is 26.4. The van der Waals surface area contributed by atoms with Crippen LogP contribution in [0.5, 0.6) is 0 Å². The number of benzene rings is 2. The third-order valence-corrected chi connectivity index (χ3v) is 7.28. The van der Waals surface area contributed by atoms with Crippen molar-refractivity contribution in [1.29, 1.82) is 0 Å². The molecule has 9 nitrogen and oxygen atoms in total. The smallest absolute Gasteiger partial charge is 0.404 e. The predicted octanol–water partition coefficient (Wildman–Crippen LogP) is 3.54. The minimum Gasteiger partial charge on any atom is -0.465 e. The molecule has 3 N–H and O–H groups in total. The van der Waals surface area contributed by atoms with E-state index in [9.17, 15) is 23.4 Å². The lowest BCUT2D eigenvalue weighted by Crippen LogP contribution is -2.50. The Hall–Kier alpha value is -3.21. The van der Waals surface area contributed by atoms with Crippen molar-refractivity contribution in [2.24, 2.45) is 5.92 Å². The van der Waals surface area contributed by atoms with Crippen LogP contribution in [0.3, 0.4) is 0 Å². The molecule has 1 aromatic heterocycles. The molecule has 0 bridgehead atoms. The Morgan fingerprint density at radius 2 is 1.74 bits per heavy atom. The Labute approximate surface area is 205 Å². The van der Waals surface area contributed by atoms with Gasteiger partial charge in [0.1, 0.15) is 12.0 Å². The number of nitrogens with one attached hydrogen (secondary N) is 1. The number of aliphatic hydroxyl groups excluding tert-OH is 1. The van der Waals surface area contributed by atoms with E-state index in [1.54, 1.807) is 19.1 Å². The van der Waals surface area contributed by atoms with Gasteiger partial charge in [0.05, 0.1) is 17.0 Å². The molecular weight excluding hydrogens is 470 g/mol. The van der Waals surface area contributed by atoms with Gasteiger partial charge in [-0.1, -0.05) is 56.3 Å². The van der Waals surface area contributed by atoms with E-state index in [2.05, 4.69) is 10.3 Å². The number of sulfonamides is 1. The largest absolute Gasteiger partial charge is 0.465 e. The summed E-state index contributed by atoms with van der Waals surface area (Å²) in [6.45, 7) is 5.38. The fourth-order valence-electron chi connectivity index (χ4n) is 3.77. The summed E-state index contributed by atoms with van der Waals surface area (Å²) in [6, 6.07) is 14.5. The van der Waals surface area contributed by atoms with E-state index in [-0.39, 0.29) is 30.3 Å². The van der Waals surface area contributed by atoms with Gasteiger partial charge in [-0.15, -0.1) is 0 Å². The van der Waals surface area contributed by atoms with Gasteiger partial charge < -0.3 is 19.9 Å². The van der Waals surface area contributed by atoms with E-state index in [1.165, 1.54) is 22.7 Å². The second-order valence-corrected chi connectivity index (χ2v) is 10.7. The molecule has 2 aromatic carbocycles. The number of aliphatic hydroxyl groups is 1. The number of aromatic nitrogens is 1. The van der Waals surface area contributed by atoms with Crippen LogP contribution in [-0.2, 0) is 16.4 Å². The van der Waals surface area contributed by atoms with Gasteiger partial charge in [0, 0.05) is 25.6 Å². The van der Waals surface area contributed by atoms with E-state index in [1.807, 2.05) is 44.2 Å². The van der Waals surface area contributed by atoms with Crippen LogP contribution in [-0.4, -0.2) is 59.2 Å². The van der Waals surface area contributed by atoms with Crippen molar-refractivity contribution >= 4 is 16.1 Å². The molecule has 0 aliphatic rings. The Kier molecular flexibility index (Phi) is 8.66. The molecule has 10 heteroatoms. The quantitative estimate of drug-likeness (QED) is 0.366. The molecule has 35 heavy (non-hydrogen) atoms. The van der Waals surface area contributed by atoms with Crippen LogP contribution in [0.25, 0.3) is 11.3 Å². The summed E-state index contributed by atoms with van der Waals surface area (Å²) in [5.74, 6) is 0.489. The summed E-state index contributed by atoms with van der Waals surface area (Å²) in [5, 5.41) is 22.6. The molecule has 0 saturated heterocycles. The molecular formula is C25H31N3O6S. The summed E-state index contributed by atoms with van der Waals surface area (Å²) < 4.78 is 33.4. The van der Waals surface area contributed by atoms with Gasteiger partial charge in [-0.3, -0.25) is 0 Å². The van der Waals surface area contributed by atoms with Crippen molar-refractivity contribution < 1.29 is 27.8 Å². The maximum absolute atomic E-state index is 13.5. The van der Waals surface area contributed by atoms with E-state index in [0.29, 0.717) is 17.1 Å². The second kappa shape index (κ2) is 11.5. The lowest BCUT2D eigenvalue weighted by molar-refractivity contribution is 0.0980. The number of aryl methyl sites for hydroxylation is 1. The molecule has 3 aromatic rings. The number of carbonyl (C=O) groups is 1. The van der Waals surface area contributed by atoms with Crippen LogP contribution in [0, 0.1) is 12.8 Å². The third kappa shape index (κ3) is 7.14. The van der Waals surface area contributed by atoms with Crippen LogP contribution < -0.4 is 5.32 Å². The molecule has 0 saturated carbocycles. The highest BCUT2D eigenvalue weighted by Crippen LogP contribution is 2.24. The van der Waals surface area contributed by atoms with Crippen LogP contribution in [0.1, 0.15) is 25.3 Å². The van der Waals surface area contributed by atoms with Gasteiger partial charge in [0.2, 0.25) is 10.0 Å². The standard InChI is InChI=1S/C25H31N3O6S/c1-17(2)14-28(15-24(29)22(27-25(30)31)13-19-7-5-4-6-8-19)35(32,33)21-11-9-20(10-12-21)23-16-34-18(3)26-23/h4-12,16-17,22,24,27,29H,13-15H2,1-3H3,(H,30,31)/t22-,24+/m0/s1. The van der Waals surface area contributed by atoms with Crippen molar-refractivity contribution in [1.82, 2.24) is 14.6 Å². The Morgan fingerprint density at radius 1 is 1.09 bits per heavy atom. The Balaban J connectivity index is 1.83. The fourth-order valence-corrected chi connectivity index (χ4v) is 5.39. The van der Waals surface area contributed by atoms with Crippen LogP contribution in [0.4, 0.5) is 4.79 Å². The van der Waals surface area contributed by atoms with Gasteiger partial charge in [0.25, 0.3) is 0 Å². The number of carboxylic acid groups (broad SMARTS) is 1. The molecule has 3 rings (SSSR count). The summed E-state index contributed by atoms with van der Waals surface area (Å²) >= 11 is 0. The summed E-state index contributed by atoms with van der Waals surface area (Å²) in [4.78, 5) is 15.7. The first-order chi connectivity index (χ1) is 16.6. The third-order valence-electron chi connectivity index (χ3n) is 5.44. The molecule has 0 fully saturated rings. The molecule has 0 spiro atoms. The van der Waals surface area contributed by atoms with Gasteiger partial charge in [-0.2, -0.15) is 4.31 Å². The van der Waals surface area contributed by atoms with E-state index < -0.39 is 28.3 Å².